The summed E-state index contributed by atoms with van der Waals surface area (Å²) in [4.78, 5) is 6.63. The van der Waals surface area contributed by atoms with Crippen LogP contribution < -0.4 is 15.4 Å². The number of ether oxygens (including phenoxy) is 2. The summed E-state index contributed by atoms with van der Waals surface area (Å²) in [6, 6.07) is 2.25. The van der Waals surface area contributed by atoms with Gasteiger partial charge >= 0.3 is 0 Å². The van der Waals surface area contributed by atoms with Crippen molar-refractivity contribution in [3.05, 3.63) is 12.3 Å². The number of hydrogen-bond donors (Lipinski definition) is 1. The van der Waals surface area contributed by atoms with E-state index in [1.165, 1.54) is 0 Å². The fourth-order valence-electron chi connectivity index (χ4n) is 2.48. The molecule has 0 aromatic carbocycles. The van der Waals surface area contributed by atoms with Crippen molar-refractivity contribution in [2.75, 3.05) is 30.9 Å². The van der Waals surface area contributed by atoms with E-state index in [0.29, 0.717) is 17.8 Å². The number of nitrogens with zero attached hydrogens (tertiary/aromatic N) is 2. The van der Waals surface area contributed by atoms with Crippen molar-refractivity contribution in [2.45, 2.75) is 18.6 Å². The van der Waals surface area contributed by atoms with E-state index in [1.54, 1.807) is 13.3 Å². The Morgan fingerprint density at radius 3 is 3.12 bits per heavy atom. The number of nitrogen functional groups attached to an aromatic ring is 1. The molecule has 3 rings (SSSR count). The molecule has 0 radical (unpaired) electrons. The van der Waals surface area contributed by atoms with E-state index in [4.69, 9.17) is 15.2 Å². The average molecular weight is 221 g/mol. The summed E-state index contributed by atoms with van der Waals surface area (Å²) in [7, 11) is 1.64. The summed E-state index contributed by atoms with van der Waals surface area (Å²) in [6.45, 7) is 1.69. The lowest BCUT2D eigenvalue weighted by atomic mass is 10.2. The second-order valence-electron chi connectivity index (χ2n) is 4.29. The zero-order valence-corrected chi connectivity index (χ0v) is 9.22. The molecule has 2 N–H and O–H groups in total. The normalized spacial score (nSPS) is 27.4. The van der Waals surface area contributed by atoms with Crippen LogP contribution in [0, 0.1) is 0 Å². The highest BCUT2D eigenvalue weighted by Gasteiger charge is 2.40. The first-order valence-electron chi connectivity index (χ1n) is 5.45. The fraction of sp³-hybridized carbons (Fsp3) is 0.545. The van der Waals surface area contributed by atoms with Crippen LogP contribution in [0.2, 0.25) is 0 Å². The van der Waals surface area contributed by atoms with Gasteiger partial charge in [-0.15, -0.1) is 0 Å². The Hall–Kier alpha value is -1.49. The van der Waals surface area contributed by atoms with E-state index in [2.05, 4.69) is 9.88 Å². The Kier molecular flexibility index (Phi) is 2.14. The summed E-state index contributed by atoms with van der Waals surface area (Å²) >= 11 is 0. The lowest BCUT2D eigenvalue weighted by molar-refractivity contribution is 0.0987. The largest absolute Gasteiger partial charge is 0.493 e. The molecule has 1 aromatic rings. The van der Waals surface area contributed by atoms with Gasteiger partial charge in [0.2, 0.25) is 0 Å². The van der Waals surface area contributed by atoms with Crippen molar-refractivity contribution in [3.8, 4) is 5.75 Å². The zero-order valence-electron chi connectivity index (χ0n) is 9.22. The Labute approximate surface area is 94.2 Å². The highest BCUT2D eigenvalue weighted by Crippen LogP contribution is 2.36. The first kappa shape index (κ1) is 9.72. The van der Waals surface area contributed by atoms with Gasteiger partial charge in [-0.05, 0) is 6.42 Å². The highest BCUT2D eigenvalue weighted by atomic mass is 16.5. The van der Waals surface area contributed by atoms with Crippen LogP contribution in [0.4, 0.5) is 11.5 Å². The minimum atomic E-state index is 0.356. The van der Waals surface area contributed by atoms with E-state index in [1.807, 2.05) is 6.07 Å². The van der Waals surface area contributed by atoms with E-state index in [-0.39, 0.29) is 0 Å². The van der Waals surface area contributed by atoms with E-state index in [9.17, 15) is 0 Å². The molecule has 0 saturated carbocycles. The summed E-state index contributed by atoms with van der Waals surface area (Å²) < 4.78 is 10.9. The Balaban J connectivity index is 1.94. The molecule has 5 heteroatoms. The maximum absolute atomic E-state index is 5.69. The molecule has 2 aliphatic heterocycles. The van der Waals surface area contributed by atoms with Crippen molar-refractivity contribution < 1.29 is 9.47 Å². The number of aromatic nitrogens is 1. The van der Waals surface area contributed by atoms with Crippen molar-refractivity contribution in [1.82, 2.24) is 4.98 Å². The molecule has 0 unspecified atom stereocenters. The molecule has 16 heavy (non-hydrogen) atoms. The number of methoxy groups -OCH3 is 1. The predicted octanol–water partition coefficient (Wildman–Crippen LogP) is 0.650. The van der Waals surface area contributed by atoms with Crippen LogP contribution >= 0.6 is 0 Å². The van der Waals surface area contributed by atoms with E-state index in [0.717, 1.165) is 31.1 Å². The van der Waals surface area contributed by atoms with Gasteiger partial charge in [0.1, 0.15) is 0 Å². The summed E-state index contributed by atoms with van der Waals surface area (Å²) in [5, 5.41) is 0. The number of hydrogen-bond acceptors (Lipinski definition) is 5. The van der Waals surface area contributed by atoms with Gasteiger partial charge in [-0.1, -0.05) is 0 Å². The molecule has 5 nitrogen and oxygen atoms in total. The lowest BCUT2D eigenvalue weighted by Crippen LogP contribution is -2.37. The molecule has 2 fully saturated rings. The molecule has 86 valence electrons. The van der Waals surface area contributed by atoms with Crippen LogP contribution in [-0.2, 0) is 4.74 Å². The van der Waals surface area contributed by atoms with Gasteiger partial charge < -0.3 is 20.1 Å². The van der Waals surface area contributed by atoms with Gasteiger partial charge in [-0.25, -0.2) is 4.98 Å². The molecule has 2 saturated heterocycles. The molecule has 2 atom stereocenters. The van der Waals surface area contributed by atoms with Crippen LogP contribution in [0.25, 0.3) is 0 Å². The van der Waals surface area contributed by atoms with Crippen molar-refractivity contribution in [1.29, 1.82) is 0 Å². The Bertz CT molecular complexity index is 410. The van der Waals surface area contributed by atoms with E-state index < -0.39 is 0 Å². The number of morpholine rings is 1. The topological polar surface area (TPSA) is 60.6 Å². The standard InChI is InChI=1S/C11H15N3O2/c1-15-10-2-7(12)4-13-11(10)14-5-9-3-8(14)6-16-9/h2,4,8-9H,3,5-6,12H2,1H3/t8-,9-/m1/s1. The van der Waals surface area contributed by atoms with Gasteiger partial charge in [-0.3, -0.25) is 0 Å². The molecule has 0 spiro atoms. The molecule has 2 bridgehead atoms. The third-order valence-electron chi connectivity index (χ3n) is 3.25. The Morgan fingerprint density at radius 2 is 2.50 bits per heavy atom. The third-order valence-corrected chi connectivity index (χ3v) is 3.25. The van der Waals surface area contributed by atoms with E-state index >= 15 is 0 Å². The number of nitrogens with two attached hydrogens (primary N) is 1. The van der Waals surface area contributed by atoms with Crippen LogP contribution in [0.15, 0.2) is 12.3 Å². The fourth-order valence-corrected chi connectivity index (χ4v) is 2.48. The lowest BCUT2D eigenvalue weighted by Gasteiger charge is -2.28. The van der Waals surface area contributed by atoms with Crippen LogP contribution in [0.1, 0.15) is 6.42 Å². The van der Waals surface area contributed by atoms with Crippen molar-refractivity contribution in [2.24, 2.45) is 0 Å². The second kappa shape index (κ2) is 3.52. The van der Waals surface area contributed by atoms with Gasteiger partial charge in [-0.2, -0.15) is 0 Å². The second-order valence-corrected chi connectivity index (χ2v) is 4.29. The van der Waals surface area contributed by atoms with Gasteiger partial charge in [0.25, 0.3) is 0 Å². The monoisotopic (exact) mass is 221 g/mol. The average Bonchev–Trinajstić information content (AvgIpc) is 2.90. The molecule has 0 aliphatic carbocycles. The molecule has 2 aliphatic rings. The first-order valence-corrected chi connectivity index (χ1v) is 5.45. The van der Waals surface area contributed by atoms with Gasteiger partial charge in [0, 0.05) is 12.6 Å². The molecule has 1 aromatic heterocycles. The molecular weight excluding hydrogens is 206 g/mol. The first-order chi connectivity index (χ1) is 7.78. The molecule has 3 heterocycles. The maximum atomic E-state index is 5.69. The third kappa shape index (κ3) is 1.39. The minimum Gasteiger partial charge on any atom is -0.493 e. The van der Waals surface area contributed by atoms with Gasteiger partial charge in [0.15, 0.2) is 11.6 Å². The van der Waals surface area contributed by atoms with Crippen LogP contribution in [0.5, 0.6) is 5.75 Å². The molecule has 0 amide bonds. The number of pyridine rings is 1. The van der Waals surface area contributed by atoms with Crippen molar-refractivity contribution in [3.63, 3.8) is 0 Å². The predicted molar refractivity (Wildman–Crippen MR) is 60.7 cm³/mol. The van der Waals surface area contributed by atoms with Crippen LogP contribution in [0.3, 0.4) is 0 Å². The maximum Gasteiger partial charge on any atom is 0.171 e. The van der Waals surface area contributed by atoms with Gasteiger partial charge in [0.05, 0.1) is 37.7 Å². The number of anilines is 2. The summed E-state index contributed by atoms with van der Waals surface area (Å²) in [5.41, 5.74) is 6.32. The smallest absolute Gasteiger partial charge is 0.171 e. The van der Waals surface area contributed by atoms with Crippen molar-refractivity contribution >= 4 is 11.5 Å². The quantitative estimate of drug-likeness (QED) is 0.794. The number of fused-ring (bicyclic) bond motifs is 2. The summed E-state index contributed by atoms with van der Waals surface area (Å²) in [6.07, 6.45) is 3.12. The number of rotatable bonds is 2. The highest BCUT2D eigenvalue weighted by molar-refractivity contribution is 5.59. The van der Waals surface area contributed by atoms with Crippen LogP contribution in [-0.4, -0.2) is 37.4 Å². The Morgan fingerprint density at radius 1 is 1.62 bits per heavy atom. The molecular formula is C11H15N3O2. The SMILES string of the molecule is COc1cc(N)cnc1N1C[C@H]2C[C@@H]1CO2. The summed E-state index contributed by atoms with van der Waals surface area (Å²) in [5.74, 6) is 1.63. The minimum absolute atomic E-state index is 0.356. The zero-order chi connectivity index (χ0) is 11.1.